The van der Waals surface area contributed by atoms with E-state index in [1.165, 1.54) is 82.4 Å². The topological polar surface area (TPSA) is 0 Å². The third kappa shape index (κ3) is 4.60. The molecule has 7 aromatic rings. The average Bonchev–Trinajstić information content (AvgIpc) is 3.04. The summed E-state index contributed by atoms with van der Waals surface area (Å²) in [6.45, 7) is 6.70. The molecule has 0 nitrogen and oxygen atoms in total. The molecule has 0 fully saturated rings. The van der Waals surface area contributed by atoms with Crippen LogP contribution in [0.5, 0.6) is 0 Å². The second-order valence-electron chi connectivity index (χ2n) is 11.4. The Morgan fingerprint density at radius 1 is 0.524 bits per heavy atom. The smallest absolute Gasteiger partial charge is 0.00635 e. The van der Waals surface area contributed by atoms with Crippen molar-refractivity contribution in [3.8, 4) is 22.3 Å². The third-order valence-corrected chi connectivity index (χ3v) is 8.83. The fourth-order valence-corrected chi connectivity index (χ4v) is 6.54. The number of hydrogen-bond donors (Lipinski definition) is 0. The van der Waals surface area contributed by atoms with Crippen molar-refractivity contribution >= 4 is 37.9 Å². The molecule has 0 radical (unpaired) electrons. The van der Waals surface area contributed by atoms with Gasteiger partial charge in [0.2, 0.25) is 0 Å². The average molecular weight is 539 g/mol. The monoisotopic (exact) mass is 538 g/mol. The molecule has 0 aromatic heterocycles. The first kappa shape index (κ1) is 26.0. The van der Waals surface area contributed by atoms with E-state index in [4.69, 9.17) is 0 Å². The van der Waals surface area contributed by atoms with Crippen LogP contribution in [-0.4, -0.2) is 0 Å². The Hall–Kier alpha value is -4.94. The largest absolute Gasteiger partial charge is 0.0766 e. The van der Waals surface area contributed by atoms with Gasteiger partial charge in [-0.05, 0) is 116 Å². The van der Waals surface area contributed by atoms with Crippen LogP contribution in [0.15, 0.2) is 140 Å². The van der Waals surface area contributed by atoms with Crippen LogP contribution in [0.1, 0.15) is 29.2 Å². The van der Waals surface area contributed by atoms with Gasteiger partial charge in [-0.2, -0.15) is 0 Å². The lowest BCUT2D eigenvalue weighted by atomic mass is 9.86. The Labute approximate surface area is 248 Å². The summed E-state index contributed by atoms with van der Waals surface area (Å²) in [6.07, 6.45) is 3.25. The molecule has 0 aliphatic heterocycles. The number of benzene rings is 7. The Balaban J connectivity index is 1.37. The number of fused-ring (bicyclic) bond motifs is 6. The molecule has 7 rings (SSSR count). The van der Waals surface area contributed by atoms with Crippen molar-refractivity contribution in [2.75, 3.05) is 0 Å². The van der Waals surface area contributed by atoms with Gasteiger partial charge in [0, 0.05) is 0 Å². The number of aryl methyl sites for hydroxylation is 2. The predicted octanol–water partition coefficient (Wildman–Crippen LogP) is 11.7. The molecule has 0 aliphatic rings. The zero-order valence-corrected chi connectivity index (χ0v) is 24.5. The fraction of sp³-hybridized carbons (Fsp3) is 0.0952. The maximum absolute atomic E-state index is 2.40. The summed E-state index contributed by atoms with van der Waals surface area (Å²) in [5, 5.41) is 7.92. The van der Waals surface area contributed by atoms with Gasteiger partial charge in [0.25, 0.3) is 0 Å². The van der Waals surface area contributed by atoms with Gasteiger partial charge in [0.05, 0.1) is 0 Å². The Morgan fingerprint density at radius 2 is 1.19 bits per heavy atom. The maximum Gasteiger partial charge on any atom is -0.00635 e. The lowest BCUT2D eigenvalue weighted by molar-refractivity contribution is 1.27. The summed E-state index contributed by atoms with van der Waals surface area (Å²) in [6, 6.07) is 48.9. The second-order valence-corrected chi connectivity index (χ2v) is 11.4. The van der Waals surface area contributed by atoms with Crippen LogP contribution in [0.3, 0.4) is 0 Å². The first-order valence-electron chi connectivity index (χ1n) is 14.8. The molecule has 0 heteroatoms. The highest BCUT2D eigenvalue weighted by molar-refractivity contribution is 6.27. The van der Waals surface area contributed by atoms with E-state index in [-0.39, 0.29) is 0 Å². The quantitative estimate of drug-likeness (QED) is 0.191. The van der Waals surface area contributed by atoms with E-state index in [0.29, 0.717) is 0 Å². The SMILES string of the molecule is C/C(=C\Cc1cccc(-c2ccc3c(c2)c2ccccc2c2ccc(-c4ccccc4C)c(C)c23)c1)c1ccccc1. The van der Waals surface area contributed by atoms with Gasteiger partial charge in [-0.15, -0.1) is 0 Å². The summed E-state index contributed by atoms with van der Waals surface area (Å²) in [5.74, 6) is 0. The van der Waals surface area contributed by atoms with Crippen molar-refractivity contribution in [1.82, 2.24) is 0 Å². The summed E-state index contributed by atoms with van der Waals surface area (Å²) in [7, 11) is 0. The highest BCUT2D eigenvalue weighted by atomic mass is 14.2. The number of rotatable bonds is 5. The predicted molar refractivity (Wildman–Crippen MR) is 183 cm³/mol. The van der Waals surface area contributed by atoms with Crippen LogP contribution in [0.4, 0.5) is 0 Å². The molecule has 0 amide bonds. The lowest BCUT2D eigenvalue weighted by Gasteiger charge is -2.17. The van der Waals surface area contributed by atoms with Gasteiger partial charge in [-0.3, -0.25) is 0 Å². The first-order chi connectivity index (χ1) is 20.6. The highest BCUT2D eigenvalue weighted by Crippen LogP contribution is 2.41. The fourth-order valence-electron chi connectivity index (χ4n) is 6.54. The van der Waals surface area contributed by atoms with Gasteiger partial charge < -0.3 is 0 Å². The molecular weight excluding hydrogens is 504 g/mol. The van der Waals surface area contributed by atoms with Crippen LogP contribution in [0.25, 0.3) is 60.1 Å². The molecular formula is C42H34. The molecule has 0 aliphatic carbocycles. The summed E-state index contributed by atoms with van der Waals surface area (Å²) in [4.78, 5) is 0. The van der Waals surface area contributed by atoms with E-state index in [1.807, 2.05) is 0 Å². The lowest BCUT2D eigenvalue weighted by Crippen LogP contribution is -1.92. The molecule has 0 bridgehead atoms. The molecule has 42 heavy (non-hydrogen) atoms. The Kier molecular flexibility index (Phi) is 6.68. The highest BCUT2D eigenvalue weighted by Gasteiger charge is 2.15. The minimum Gasteiger partial charge on any atom is -0.0766 e. The minimum absolute atomic E-state index is 0.913. The maximum atomic E-state index is 2.40. The molecule has 0 unspecified atom stereocenters. The molecule has 0 heterocycles. The van der Waals surface area contributed by atoms with Gasteiger partial charge in [-0.1, -0.05) is 133 Å². The summed E-state index contributed by atoms with van der Waals surface area (Å²) < 4.78 is 0. The van der Waals surface area contributed by atoms with Crippen LogP contribution in [0, 0.1) is 13.8 Å². The van der Waals surface area contributed by atoms with E-state index >= 15 is 0 Å². The van der Waals surface area contributed by atoms with E-state index in [1.54, 1.807) is 0 Å². The van der Waals surface area contributed by atoms with E-state index in [9.17, 15) is 0 Å². The third-order valence-electron chi connectivity index (χ3n) is 8.83. The van der Waals surface area contributed by atoms with Gasteiger partial charge >= 0.3 is 0 Å². The van der Waals surface area contributed by atoms with Crippen molar-refractivity contribution < 1.29 is 0 Å². The van der Waals surface area contributed by atoms with Crippen molar-refractivity contribution in [2.24, 2.45) is 0 Å². The van der Waals surface area contributed by atoms with E-state index < -0.39 is 0 Å². The number of allylic oxidation sites excluding steroid dienone is 2. The van der Waals surface area contributed by atoms with Crippen molar-refractivity contribution in [3.63, 3.8) is 0 Å². The Morgan fingerprint density at radius 3 is 2.00 bits per heavy atom. The molecule has 7 aromatic carbocycles. The van der Waals surface area contributed by atoms with E-state index in [2.05, 4.69) is 160 Å². The molecule has 0 N–H and O–H groups in total. The molecule has 0 spiro atoms. The molecule has 0 atom stereocenters. The van der Waals surface area contributed by atoms with Crippen LogP contribution in [0.2, 0.25) is 0 Å². The van der Waals surface area contributed by atoms with Gasteiger partial charge in [0.15, 0.2) is 0 Å². The summed E-state index contributed by atoms with van der Waals surface area (Å²) >= 11 is 0. The first-order valence-corrected chi connectivity index (χ1v) is 14.8. The van der Waals surface area contributed by atoms with Crippen molar-refractivity contribution in [3.05, 3.63) is 162 Å². The molecule has 202 valence electrons. The van der Waals surface area contributed by atoms with Crippen molar-refractivity contribution in [2.45, 2.75) is 27.2 Å². The molecule has 0 saturated carbocycles. The zero-order chi connectivity index (χ0) is 28.6. The second kappa shape index (κ2) is 10.8. The van der Waals surface area contributed by atoms with E-state index in [0.717, 1.165) is 6.42 Å². The van der Waals surface area contributed by atoms with Crippen molar-refractivity contribution in [1.29, 1.82) is 0 Å². The van der Waals surface area contributed by atoms with Crippen LogP contribution >= 0.6 is 0 Å². The normalized spacial score (nSPS) is 11.9. The van der Waals surface area contributed by atoms with Gasteiger partial charge in [-0.25, -0.2) is 0 Å². The minimum atomic E-state index is 0.913. The van der Waals surface area contributed by atoms with Crippen LogP contribution < -0.4 is 0 Å². The summed E-state index contributed by atoms with van der Waals surface area (Å²) in [5.41, 5.74) is 11.7. The van der Waals surface area contributed by atoms with Crippen LogP contribution in [-0.2, 0) is 6.42 Å². The molecule has 0 saturated heterocycles. The van der Waals surface area contributed by atoms with Gasteiger partial charge in [0.1, 0.15) is 0 Å². The number of hydrogen-bond acceptors (Lipinski definition) is 0. The standard InChI is InChI=1S/C42H34/c1-28(32-14-5-4-6-15-32)20-21-31-13-11-16-33(26-31)34-22-23-40-41(27-34)38-19-10-9-18-37(38)39-25-24-36(30(3)42(39)40)35-17-8-7-12-29(35)2/h4-20,22-27H,21H2,1-3H3/b28-20+. The Bertz CT molecular complexity index is 2130. The zero-order valence-electron chi connectivity index (χ0n) is 24.5.